The lowest BCUT2D eigenvalue weighted by Gasteiger charge is -2.45. The van der Waals surface area contributed by atoms with Crippen LogP contribution in [0.3, 0.4) is 0 Å². The van der Waals surface area contributed by atoms with Crippen LogP contribution in [0.15, 0.2) is 30.3 Å². The van der Waals surface area contributed by atoms with Crippen LogP contribution in [-0.4, -0.2) is 34.8 Å². The van der Waals surface area contributed by atoms with Gasteiger partial charge in [-0.05, 0) is 32.3 Å². The molecule has 0 bridgehead atoms. The topological polar surface area (TPSA) is 49.4 Å². The third kappa shape index (κ3) is 2.55. The largest absolute Gasteiger partial charge is 0.343 e. The molecule has 2 amide bonds. The van der Waals surface area contributed by atoms with Gasteiger partial charge in [0.15, 0.2) is 0 Å². The first-order valence-corrected chi connectivity index (χ1v) is 7.15. The Balaban J connectivity index is 2.17. The van der Waals surface area contributed by atoms with Gasteiger partial charge >= 0.3 is 0 Å². The second-order valence-corrected chi connectivity index (χ2v) is 5.55. The van der Waals surface area contributed by atoms with Crippen molar-refractivity contribution >= 4 is 11.8 Å². The molecule has 2 unspecified atom stereocenters. The van der Waals surface area contributed by atoms with Crippen LogP contribution in [0.5, 0.6) is 0 Å². The fraction of sp³-hybridized carbons (Fsp3) is 0.500. The average Bonchev–Trinajstić information content (AvgIpc) is 2.46. The van der Waals surface area contributed by atoms with Gasteiger partial charge < -0.3 is 10.2 Å². The van der Waals surface area contributed by atoms with Gasteiger partial charge in [0.1, 0.15) is 11.6 Å². The Morgan fingerprint density at radius 3 is 2.50 bits per heavy atom. The van der Waals surface area contributed by atoms with Crippen molar-refractivity contribution < 1.29 is 9.59 Å². The van der Waals surface area contributed by atoms with E-state index in [1.54, 1.807) is 11.8 Å². The molecule has 1 fully saturated rings. The van der Waals surface area contributed by atoms with Crippen molar-refractivity contribution in [3.63, 3.8) is 0 Å². The number of piperazine rings is 1. The Morgan fingerprint density at radius 1 is 1.25 bits per heavy atom. The molecule has 108 valence electrons. The van der Waals surface area contributed by atoms with Crippen LogP contribution >= 0.6 is 0 Å². The van der Waals surface area contributed by atoms with E-state index in [1.165, 1.54) is 5.56 Å². The lowest BCUT2D eigenvalue weighted by atomic mass is 9.90. The molecule has 1 aliphatic heterocycles. The zero-order chi connectivity index (χ0) is 14.8. The van der Waals surface area contributed by atoms with E-state index in [2.05, 4.69) is 5.32 Å². The number of carbonyl (C=O) groups is 2. The summed E-state index contributed by atoms with van der Waals surface area (Å²) in [7, 11) is 0. The van der Waals surface area contributed by atoms with E-state index in [9.17, 15) is 9.59 Å². The highest BCUT2D eigenvalue weighted by molar-refractivity contribution is 5.99. The molecule has 2 rings (SSSR count). The summed E-state index contributed by atoms with van der Waals surface area (Å²) < 4.78 is 0. The van der Waals surface area contributed by atoms with Gasteiger partial charge in [0, 0.05) is 6.54 Å². The second-order valence-electron chi connectivity index (χ2n) is 5.55. The molecule has 0 aliphatic carbocycles. The van der Waals surface area contributed by atoms with E-state index in [0.717, 1.165) is 6.42 Å². The maximum atomic E-state index is 12.4. The number of hydrogen-bond donors (Lipinski definition) is 1. The minimum atomic E-state index is -0.738. The standard InChI is InChI=1S/C16H22N2O2/c1-4-16(3)15(20)17-12(2)14(19)18(16)11-10-13-8-6-5-7-9-13/h5-9,12H,4,10-11H2,1-3H3,(H,17,20). The number of hydrogen-bond acceptors (Lipinski definition) is 2. The highest BCUT2D eigenvalue weighted by Gasteiger charge is 2.46. The molecule has 1 aromatic carbocycles. The predicted molar refractivity (Wildman–Crippen MR) is 78.2 cm³/mol. The van der Waals surface area contributed by atoms with E-state index in [1.807, 2.05) is 44.2 Å². The number of benzene rings is 1. The van der Waals surface area contributed by atoms with Gasteiger partial charge in [-0.25, -0.2) is 0 Å². The van der Waals surface area contributed by atoms with Crippen molar-refractivity contribution in [2.24, 2.45) is 0 Å². The lowest BCUT2D eigenvalue weighted by molar-refractivity contribution is -0.156. The molecule has 0 spiro atoms. The average molecular weight is 274 g/mol. The third-order valence-electron chi connectivity index (χ3n) is 4.22. The molecule has 1 saturated heterocycles. The van der Waals surface area contributed by atoms with Crippen LogP contribution in [0, 0.1) is 0 Å². The van der Waals surface area contributed by atoms with E-state index in [0.29, 0.717) is 13.0 Å². The molecular weight excluding hydrogens is 252 g/mol. The van der Waals surface area contributed by atoms with E-state index < -0.39 is 11.6 Å². The molecule has 4 heteroatoms. The van der Waals surface area contributed by atoms with Gasteiger partial charge in [-0.2, -0.15) is 0 Å². The number of carbonyl (C=O) groups excluding carboxylic acids is 2. The van der Waals surface area contributed by atoms with Crippen LogP contribution in [0.4, 0.5) is 0 Å². The number of amides is 2. The summed E-state index contributed by atoms with van der Waals surface area (Å²) in [6, 6.07) is 9.60. The van der Waals surface area contributed by atoms with Gasteiger partial charge in [-0.3, -0.25) is 9.59 Å². The lowest BCUT2D eigenvalue weighted by Crippen LogP contribution is -2.68. The summed E-state index contributed by atoms with van der Waals surface area (Å²) >= 11 is 0. The molecule has 0 radical (unpaired) electrons. The van der Waals surface area contributed by atoms with Crippen molar-refractivity contribution in [3.8, 4) is 0 Å². The molecule has 1 aromatic rings. The summed E-state index contributed by atoms with van der Waals surface area (Å²) in [6.07, 6.45) is 1.38. The SMILES string of the molecule is CCC1(C)C(=O)NC(C)C(=O)N1CCc1ccccc1. The number of rotatable bonds is 4. The molecule has 4 nitrogen and oxygen atoms in total. The van der Waals surface area contributed by atoms with Crippen LogP contribution in [0.1, 0.15) is 32.8 Å². The summed E-state index contributed by atoms with van der Waals surface area (Å²) in [5.41, 5.74) is 0.440. The zero-order valence-electron chi connectivity index (χ0n) is 12.3. The van der Waals surface area contributed by atoms with Gasteiger partial charge in [0.05, 0.1) is 0 Å². The van der Waals surface area contributed by atoms with Gasteiger partial charge in [0.25, 0.3) is 0 Å². The maximum Gasteiger partial charge on any atom is 0.246 e. The zero-order valence-corrected chi connectivity index (χ0v) is 12.3. The van der Waals surface area contributed by atoms with Gasteiger partial charge in [-0.15, -0.1) is 0 Å². The van der Waals surface area contributed by atoms with Crippen molar-refractivity contribution in [2.75, 3.05) is 6.54 Å². The van der Waals surface area contributed by atoms with Crippen LogP contribution < -0.4 is 5.32 Å². The summed E-state index contributed by atoms with van der Waals surface area (Å²) in [4.78, 5) is 26.3. The second kappa shape index (κ2) is 5.65. The maximum absolute atomic E-state index is 12.4. The minimum absolute atomic E-state index is 0.00452. The molecule has 2 atom stereocenters. The fourth-order valence-corrected chi connectivity index (χ4v) is 2.61. The monoisotopic (exact) mass is 274 g/mol. The summed E-state index contributed by atoms with van der Waals surface area (Å²) in [5.74, 6) is -0.0509. The van der Waals surface area contributed by atoms with Crippen LogP contribution in [0.2, 0.25) is 0 Å². The first kappa shape index (κ1) is 14.6. The van der Waals surface area contributed by atoms with E-state index in [4.69, 9.17) is 0 Å². The van der Waals surface area contributed by atoms with Crippen molar-refractivity contribution in [3.05, 3.63) is 35.9 Å². The Bertz CT molecular complexity index is 500. The Labute approximate surface area is 120 Å². The first-order chi connectivity index (χ1) is 9.49. The minimum Gasteiger partial charge on any atom is -0.343 e. The molecule has 1 heterocycles. The highest BCUT2D eigenvalue weighted by Crippen LogP contribution is 2.25. The number of nitrogens with one attached hydrogen (secondary N) is 1. The van der Waals surface area contributed by atoms with Crippen molar-refractivity contribution in [2.45, 2.75) is 45.2 Å². The highest BCUT2D eigenvalue weighted by atomic mass is 16.2. The third-order valence-corrected chi connectivity index (χ3v) is 4.22. The summed E-state index contributed by atoms with van der Waals surface area (Å²) in [6.45, 7) is 6.10. The Morgan fingerprint density at radius 2 is 1.90 bits per heavy atom. The van der Waals surface area contributed by atoms with Crippen LogP contribution in [-0.2, 0) is 16.0 Å². The van der Waals surface area contributed by atoms with E-state index in [-0.39, 0.29) is 11.8 Å². The van der Waals surface area contributed by atoms with Crippen molar-refractivity contribution in [1.29, 1.82) is 0 Å². The van der Waals surface area contributed by atoms with Gasteiger partial charge in [0.2, 0.25) is 11.8 Å². The molecule has 1 N–H and O–H groups in total. The molecule has 0 saturated carbocycles. The normalized spacial score (nSPS) is 26.6. The van der Waals surface area contributed by atoms with Gasteiger partial charge in [-0.1, -0.05) is 37.3 Å². The van der Waals surface area contributed by atoms with Crippen molar-refractivity contribution in [1.82, 2.24) is 10.2 Å². The molecule has 0 aromatic heterocycles. The number of nitrogens with zero attached hydrogens (tertiary/aromatic N) is 1. The predicted octanol–water partition coefficient (Wildman–Crippen LogP) is 1.74. The molecule has 1 aliphatic rings. The molecular formula is C16H22N2O2. The smallest absolute Gasteiger partial charge is 0.246 e. The Kier molecular flexibility index (Phi) is 4.12. The van der Waals surface area contributed by atoms with Crippen LogP contribution in [0.25, 0.3) is 0 Å². The first-order valence-electron chi connectivity index (χ1n) is 7.15. The fourth-order valence-electron chi connectivity index (χ4n) is 2.61. The molecule has 20 heavy (non-hydrogen) atoms. The quantitative estimate of drug-likeness (QED) is 0.909. The van der Waals surface area contributed by atoms with E-state index >= 15 is 0 Å². The summed E-state index contributed by atoms with van der Waals surface area (Å²) in [5, 5.41) is 2.77. The Hall–Kier alpha value is -1.84.